The van der Waals surface area contributed by atoms with Crippen LogP contribution in [0.25, 0.3) is 0 Å². The first-order valence-electron chi connectivity index (χ1n) is 6.37. The third-order valence-electron chi connectivity index (χ3n) is 2.73. The van der Waals surface area contributed by atoms with E-state index in [1.165, 1.54) is 50.4 Å². The molecule has 0 saturated carbocycles. The highest BCUT2D eigenvalue weighted by molar-refractivity contribution is 7.87. The summed E-state index contributed by atoms with van der Waals surface area (Å²) in [6.07, 6.45) is 0. The normalized spacial score (nSPS) is 10.8. The van der Waals surface area contributed by atoms with E-state index in [1.54, 1.807) is 12.1 Å². The maximum Gasteiger partial charge on any atom is 0.339 e. The summed E-state index contributed by atoms with van der Waals surface area (Å²) in [6, 6.07) is 11.9. The zero-order valence-electron chi connectivity index (χ0n) is 12.1. The lowest BCUT2D eigenvalue weighted by molar-refractivity contribution is -0.114. The fourth-order valence-electron chi connectivity index (χ4n) is 1.71. The molecule has 6 nitrogen and oxygen atoms in total. The molecule has 0 aliphatic rings. The highest BCUT2D eigenvalue weighted by Gasteiger charge is 2.16. The van der Waals surface area contributed by atoms with Gasteiger partial charge in [-0.2, -0.15) is 8.42 Å². The topological polar surface area (TPSA) is 81.7 Å². The predicted molar refractivity (Wildman–Crippen MR) is 81.6 cm³/mol. The Morgan fingerprint density at radius 3 is 2.00 bits per heavy atom. The van der Waals surface area contributed by atoms with Gasteiger partial charge in [-0.15, -0.1) is 0 Å². The van der Waals surface area contributed by atoms with Crippen LogP contribution < -0.4 is 14.2 Å². The molecule has 1 N–H and O–H groups in total. The van der Waals surface area contributed by atoms with Crippen molar-refractivity contribution in [3.05, 3.63) is 48.5 Å². The van der Waals surface area contributed by atoms with E-state index in [-0.39, 0.29) is 16.6 Å². The number of rotatable bonds is 5. The zero-order valence-corrected chi connectivity index (χ0v) is 12.9. The van der Waals surface area contributed by atoms with Gasteiger partial charge in [0.1, 0.15) is 16.4 Å². The Morgan fingerprint density at radius 2 is 1.50 bits per heavy atom. The van der Waals surface area contributed by atoms with Crippen LogP contribution in [-0.4, -0.2) is 21.4 Å². The van der Waals surface area contributed by atoms with Gasteiger partial charge < -0.3 is 14.2 Å². The summed E-state index contributed by atoms with van der Waals surface area (Å²) in [7, 11) is -2.41. The first-order valence-corrected chi connectivity index (χ1v) is 7.78. The second-order valence-electron chi connectivity index (χ2n) is 4.42. The Hall–Kier alpha value is -2.54. The third-order valence-corrected chi connectivity index (χ3v) is 3.99. The van der Waals surface area contributed by atoms with E-state index < -0.39 is 10.1 Å². The SMILES string of the molecule is COc1ccc(OS(=O)(=O)c2ccc(NC(C)=O)cc2)cc1. The van der Waals surface area contributed by atoms with Crippen LogP contribution in [0.15, 0.2) is 53.4 Å². The summed E-state index contributed by atoms with van der Waals surface area (Å²) < 4.78 is 34.3. The molecule has 0 heterocycles. The number of carbonyl (C=O) groups is 1. The van der Waals surface area contributed by atoms with Crippen LogP contribution in [0.4, 0.5) is 5.69 Å². The van der Waals surface area contributed by atoms with Crippen molar-refractivity contribution in [2.24, 2.45) is 0 Å². The number of carbonyl (C=O) groups excluding carboxylic acids is 1. The minimum atomic E-state index is -3.93. The van der Waals surface area contributed by atoms with Gasteiger partial charge in [0.2, 0.25) is 5.91 Å². The van der Waals surface area contributed by atoms with Crippen molar-refractivity contribution < 1.29 is 22.1 Å². The Balaban J connectivity index is 2.16. The number of amides is 1. The quantitative estimate of drug-likeness (QED) is 0.855. The van der Waals surface area contributed by atoms with Gasteiger partial charge in [-0.1, -0.05) is 0 Å². The summed E-state index contributed by atoms with van der Waals surface area (Å²) in [6.45, 7) is 1.37. The lowest BCUT2D eigenvalue weighted by Gasteiger charge is -2.08. The smallest absolute Gasteiger partial charge is 0.339 e. The van der Waals surface area contributed by atoms with Crippen molar-refractivity contribution in [2.75, 3.05) is 12.4 Å². The maximum atomic E-state index is 12.1. The molecule has 0 unspecified atom stereocenters. The number of anilines is 1. The summed E-state index contributed by atoms with van der Waals surface area (Å²) in [5.41, 5.74) is 0.510. The van der Waals surface area contributed by atoms with Crippen molar-refractivity contribution in [3.8, 4) is 11.5 Å². The molecule has 0 aliphatic carbocycles. The molecular formula is C15H15NO5S. The van der Waals surface area contributed by atoms with Crippen molar-refractivity contribution in [3.63, 3.8) is 0 Å². The highest BCUT2D eigenvalue weighted by Crippen LogP contribution is 2.22. The Kier molecular flexibility index (Phi) is 4.67. The highest BCUT2D eigenvalue weighted by atomic mass is 32.2. The number of ether oxygens (including phenoxy) is 1. The lowest BCUT2D eigenvalue weighted by atomic mass is 10.3. The molecule has 0 atom stereocenters. The van der Waals surface area contributed by atoms with Gasteiger partial charge in [0.15, 0.2) is 0 Å². The number of methoxy groups -OCH3 is 1. The van der Waals surface area contributed by atoms with Gasteiger partial charge in [0, 0.05) is 12.6 Å². The largest absolute Gasteiger partial charge is 0.497 e. The molecule has 2 rings (SSSR count). The number of nitrogens with one attached hydrogen (secondary N) is 1. The van der Waals surface area contributed by atoms with Crippen LogP contribution >= 0.6 is 0 Å². The number of hydrogen-bond acceptors (Lipinski definition) is 5. The molecule has 116 valence electrons. The summed E-state index contributed by atoms with van der Waals surface area (Å²) in [5, 5.41) is 2.56. The van der Waals surface area contributed by atoms with Crippen molar-refractivity contribution in [1.82, 2.24) is 0 Å². The summed E-state index contributed by atoms with van der Waals surface area (Å²) in [5.74, 6) is 0.557. The second-order valence-corrected chi connectivity index (χ2v) is 5.96. The van der Waals surface area contributed by atoms with E-state index in [2.05, 4.69) is 5.32 Å². The molecule has 0 aromatic heterocycles. The van der Waals surface area contributed by atoms with E-state index >= 15 is 0 Å². The second kappa shape index (κ2) is 6.48. The van der Waals surface area contributed by atoms with Crippen LogP contribution in [0, 0.1) is 0 Å². The molecule has 0 spiro atoms. The van der Waals surface area contributed by atoms with Crippen molar-refractivity contribution in [1.29, 1.82) is 0 Å². The molecule has 0 aliphatic heterocycles. The van der Waals surface area contributed by atoms with Crippen molar-refractivity contribution in [2.45, 2.75) is 11.8 Å². The van der Waals surface area contributed by atoms with Gasteiger partial charge in [0.25, 0.3) is 0 Å². The number of benzene rings is 2. The summed E-state index contributed by atoms with van der Waals surface area (Å²) in [4.78, 5) is 10.9. The average molecular weight is 321 g/mol. The molecule has 0 saturated heterocycles. The van der Waals surface area contributed by atoms with Crippen LogP contribution in [0.1, 0.15) is 6.92 Å². The van der Waals surface area contributed by atoms with Gasteiger partial charge in [-0.3, -0.25) is 4.79 Å². The van der Waals surface area contributed by atoms with E-state index in [4.69, 9.17) is 8.92 Å². The molecule has 0 radical (unpaired) electrons. The van der Waals surface area contributed by atoms with E-state index in [0.717, 1.165) is 0 Å². The summed E-state index contributed by atoms with van der Waals surface area (Å²) >= 11 is 0. The van der Waals surface area contributed by atoms with Gasteiger partial charge in [-0.05, 0) is 48.5 Å². The molecule has 7 heteroatoms. The van der Waals surface area contributed by atoms with Gasteiger partial charge >= 0.3 is 10.1 Å². The Morgan fingerprint density at radius 1 is 0.955 bits per heavy atom. The lowest BCUT2D eigenvalue weighted by Crippen LogP contribution is -2.10. The first kappa shape index (κ1) is 15.8. The monoisotopic (exact) mass is 321 g/mol. The van der Waals surface area contributed by atoms with E-state index in [9.17, 15) is 13.2 Å². The molecule has 22 heavy (non-hydrogen) atoms. The van der Waals surface area contributed by atoms with E-state index in [0.29, 0.717) is 11.4 Å². The maximum absolute atomic E-state index is 12.1. The fraction of sp³-hybridized carbons (Fsp3) is 0.133. The predicted octanol–water partition coefficient (Wildman–Crippen LogP) is 2.42. The molecular weight excluding hydrogens is 306 g/mol. The van der Waals surface area contributed by atoms with Crippen LogP contribution in [-0.2, 0) is 14.9 Å². The van der Waals surface area contributed by atoms with Crippen molar-refractivity contribution >= 4 is 21.7 Å². The van der Waals surface area contributed by atoms with Crippen LogP contribution in [0.3, 0.4) is 0 Å². The van der Waals surface area contributed by atoms with Gasteiger partial charge in [-0.25, -0.2) is 0 Å². The third kappa shape index (κ3) is 3.98. The van der Waals surface area contributed by atoms with Crippen LogP contribution in [0.5, 0.6) is 11.5 Å². The number of hydrogen-bond donors (Lipinski definition) is 1. The Bertz CT molecular complexity index is 752. The first-order chi connectivity index (χ1) is 10.4. The minimum Gasteiger partial charge on any atom is -0.497 e. The fourth-order valence-corrected chi connectivity index (χ4v) is 2.64. The molecule has 2 aromatic rings. The van der Waals surface area contributed by atoms with Crippen LogP contribution in [0.2, 0.25) is 0 Å². The van der Waals surface area contributed by atoms with E-state index in [1.807, 2.05) is 0 Å². The van der Waals surface area contributed by atoms with Gasteiger partial charge in [0.05, 0.1) is 7.11 Å². The minimum absolute atomic E-state index is 0.00239. The molecule has 2 aromatic carbocycles. The molecule has 0 bridgehead atoms. The molecule has 1 amide bonds. The molecule has 0 fully saturated rings. The zero-order chi connectivity index (χ0) is 16.2. The average Bonchev–Trinajstić information content (AvgIpc) is 2.47. The Labute approximate surface area is 128 Å². The standard InChI is InChI=1S/C15H15NO5S/c1-11(17)16-12-3-9-15(10-4-12)22(18,19)21-14-7-5-13(20-2)6-8-14/h3-10H,1-2H3,(H,16,17).